The maximum absolute atomic E-state index is 11.7. The van der Waals surface area contributed by atoms with Gasteiger partial charge < -0.3 is 15.4 Å². The van der Waals surface area contributed by atoms with Crippen LogP contribution in [0.2, 0.25) is 0 Å². The SMILES string of the molecule is CCCC(C)NC(=O)C(C)NCCC(=O)OC. The van der Waals surface area contributed by atoms with Crippen molar-refractivity contribution in [3.05, 3.63) is 0 Å². The Bertz CT molecular complexity index is 244. The first-order valence-corrected chi connectivity index (χ1v) is 6.11. The molecule has 0 fully saturated rings. The van der Waals surface area contributed by atoms with Gasteiger partial charge in [0.05, 0.1) is 19.6 Å². The highest BCUT2D eigenvalue weighted by Gasteiger charge is 2.14. The molecule has 100 valence electrons. The van der Waals surface area contributed by atoms with Crippen LogP contribution in [0.15, 0.2) is 0 Å². The molecule has 1 amide bonds. The zero-order chi connectivity index (χ0) is 13.3. The smallest absolute Gasteiger partial charge is 0.306 e. The average molecular weight is 244 g/mol. The number of ether oxygens (including phenoxy) is 1. The molecule has 0 bridgehead atoms. The van der Waals surface area contributed by atoms with Crippen molar-refractivity contribution in [2.45, 2.75) is 52.1 Å². The van der Waals surface area contributed by atoms with Crippen LogP contribution in [0.3, 0.4) is 0 Å². The number of methoxy groups -OCH3 is 1. The van der Waals surface area contributed by atoms with E-state index in [1.165, 1.54) is 7.11 Å². The zero-order valence-electron chi connectivity index (χ0n) is 11.2. The second-order valence-corrected chi connectivity index (χ2v) is 4.20. The Morgan fingerprint density at radius 1 is 1.29 bits per heavy atom. The second kappa shape index (κ2) is 8.98. The molecule has 2 atom stereocenters. The normalized spacial score (nSPS) is 13.9. The van der Waals surface area contributed by atoms with E-state index < -0.39 is 0 Å². The predicted molar refractivity (Wildman–Crippen MR) is 66.6 cm³/mol. The third kappa shape index (κ3) is 7.74. The third-order valence-electron chi connectivity index (χ3n) is 2.51. The Labute approximate surface area is 103 Å². The van der Waals surface area contributed by atoms with Crippen LogP contribution in [-0.4, -0.2) is 37.6 Å². The summed E-state index contributed by atoms with van der Waals surface area (Å²) in [6.45, 7) is 6.30. The second-order valence-electron chi connectivity index (χ2n) is 4.20. The van der Waals surface area contributed by atoms with Gasteiger partial charge in [0.25, 0.3) is 0 Å². The van der Waals surface area contributed by atoms with Crippen LogP contribution in [0.5, 0.6) is 0 Å². The molecular formula is C12H24N2O3. The summed E-state index contributed by atoms with van der Waals surface area (Å²) in [4.78, 5) is 22.5. The first-order valence-electron chi connectivity index (χ1n) is 6.11. The molecule has 2 unspecified atom stereocenters. The summed E-state index contributed by atoms with van der Waals surface area (Å²) in [6, 6.07) is -0.101. The minimum atomic E-state index is -0.293. The predicted octanol–water partition coefficient (Wildman–Crippen LogP) is 0.832. The first-order chi connectivity index (χ1) is 8.01. The van der Waals surface area contributed by atoms with Gasteiger partial charge in [0.1, 0.15) is 0 Å². The summed E-state index contributed by atoms with van der Waals surface area (Å²) >= 11 is 0. The molecule has 2 N–H and O–H groups in total. The molecule has 0 aliphatic carbocycles. The van der Waals surface area contributed by atoms with E-state index in [0.717, 1.165) is 12.8 Å². The van der Waals surface area contributed by atoms with Gasteiger partial charge in [-0.15, -0.1) is 0 Å². The summed E-state index contributed by atoms with van der Waals surface area (Å²) < 4.78 is 4.51. The highest BCUT2D eigenvalue weighted by atomic mass is 16.5. The topological polar surface area (TPSA) is 67.4 Å². The van der Waals surface area contributed by atoms with Gasteiger partial charge >= 0.3 is 5.97 Å². The molecule has 0 saturated carbocycles. The summed E-state index contributed by atoms with van der Waals surface area (Å²) in [5.41, 5.74) is 0. The lowest BCUT2D eigenvalue weighted by Crippen LogP contribution is -2.45. The van der Waals surface area contributed by atoms with Gasteiger partial charge in [-0.2, -0.15) is 0 Å². The Morgan fingerprint density at radius 2 is 1.94 bits per heavy atom. The molecule has 0 aromatic heterocycles. The van der Waals surface area contributed by atoms with Gasteiger partial charge in [-0.05, 0) is 20.3 Å². The largest absolute Gasteiger partial charge is 0.469 e. The van der Waals surface area contributed by atoms with Gasteiger partial charge in [0.15, 0.2) is 0 Å². The fraction of sp³-hybridized carbons (Fsp3) is 0.833. The lowest BCUT2D eigenvalue weighted by Gasteiger charge is -2.17. The van der Waals surface area contributed by atoms with E-state index >= 15 is 0 Å². The van der Waals surface area contributed by atoms with Gasteiger partial charge in [-0.3, -0.25) is 9.59 Å². The van der Waals surface area contributed by atoms with E-state index in [2.05, 4.69) is 22.3 Å². The molecule has 0 heterocycles. The van der Waals surface area contributed by atoms with Crippen LogP contribution in [0.1, 0.15) is 40.0 Å². The molecule has 0 rings (SSSR count). The lowest BCUT2D eigenvalue weighted by atomic mass is 10.2. The quantitative estimate of drug-likeness (QED) is 0.621. The van der Waals surface area contributed by atoms with Crippen LogP contribution in [0.25, 0.3) is 0 Å². The third-order valence-corrected chi connectivity index (χ3v) is 2.51. The van der Waals surface area contributed by atoms with Gasteiger partial charge in [0, 0.05) is 12.6 Å². The highest BCUT2D eigenvalue weighted by molar-refractivity contribution is 5.81. The number of carbonyl (C=O) groups is 2. The van der Waals surface area contributed by atoms with E-state index in [9.17, 15) is 9.59 Å². The monoisotopic (exact) mass is 244 g/mol. The van der Waals surface area contributed by atoms with Gasteiger partial charge in [0.2, 0.25) is 5.91 Å². The molecule has 0 aliphatic heterocycles. The number of amides is 1. The maximum atomic E-state index is 11.7. The molecule has 0 radical (unpaired) electrons. The number of nitrogens with one attached hydrogen (secondary N) is 2. The van der Waals surface area contributed by atoms with Crippen LogP contribution < -0.4 is 10.6 Å². The fourth-order valence-electron chi connectivity index (χ4n) is 1.46. The molecule has 0 spiro atoms. The van der Waals surface area contributed by atoms with E-state index in [1.807, 2.05) is 6.92 Å². The van der Waals surface area contributed by atoms with Crippen LogP contribution >= 0.6 is 0 Å². The van der Waals surface area contributed by atoms with Gasteiger partial charge in [-0.1, -0.05) is 13.3 Å². The number of esters is 1. The van der Waals surface area contributed by atoms with E-state index in [-0.39, 0.29) is 30.4 Å². The number of hydrogen-bond acceptors (Lipinski definition) is 4. The number of carbonyl (C=O) groups excluding carboxylic acids is 2. The molecule has 5 nitrogen and oxygen atoms in total. The maximum Gasteiger partial charge on any atom is 0.306 e. The van der Waals surface area contributed by atoms with E-state index in [4.69, 9.17) is 0 Å². The van der Waals surface area contributed by atoms with Crippen LogP contribution in [-0.2, 0) is 14.3 Å². The van der Waals surface area contributed by atoms with Gasteiger partial charge in [-0.25, -0.2) is 0 Å². The molecule has 0 saturated heterocycles. The summed E-state index contributed by atoms with van der Waals surface area (Å²) in [5.74, 6) is -0.305. The molecular weight excluding hydrogens is 220 g/mol. The standard InChI is InChI=1S/C12H24N2O3/c1-5-6-9(2)14-12(16)10(3)13-8-7-11(15)17-4/h9-10,13H,5-8H2,1-4H3,(H,14,16). The van der Waals surface area contributed by atoms with Crippen molar-refractivity contribution in [1.82, 2.24) is 10.6 Å². The summed E-state index contributed by atoms with van der Waals surface area (Å²) in [5, 5.41) is 5.90. The molecule has 0 aliphatic rings. The van der Waals surface area contributed by atoms with Crippen molar-refractivity contribution in [3.63, 3.8) is 0 Å². The highest BCUT2D eigenvalue weighted by Crippen LogP contribution is 1.95. The molecule has 0 aromatic rings. The Hall–Kier alpha value is -1.10. The van der Waals surface area contributed by atoms with Crippen molar-refractivity contribution in [2.75, 3.05) is 13.7 Å². The molecule has 5 heteroatoms. The zero-order valence-corrected chi connectivity index (χ0v) is 11.2. The van der Waals surface area contributed by atoms with Crippen molar-refractivity contribution >= 4 is 11.9 Å². The Morgan fingerprint density at radius 3 is 2.47 bits per heavy atom. The Kier molecular flexibility index (Phi) is 8.40. The van der Waals surface area contributed by atoms with E-state index in [0.29, 0.717) is 6.54 Å². The van der Waals surface area contributed by atoms with Crippen molar-refractivity contribution in [3.8, 4) is 0 Å². The number of rotatable bonds is 8. The minimum Gasteiger partial charge on any atom is -0.469 e. The van der Waals surface area contributed by atoms with Crippen molar-refractivity contribution in [1.29, 1.82) is 0 Å². The van der Waals surface area contributed by atoms with Crippen molar-refractivity contribution in [2.24, 2.45) is 0 Å². The average Bonchev–Trinajstić information content (AvgIpc) is 2.28. The minimum absolute atomic E-state index is 0.0317. The van der Waals surface area contributed by atoms with Crippen LogP contribution in [0.4, 0.5) is 0 Å². The number of hydrogen-bond donors (Lipinski definition) is 2. The Balaban J connectivity index is 3.78. The van der Waals surface area contributed by atoms with E-state index in [1.54, 1.807) is 6.92 Å². The molecule has 0 aromatic carbocycles. The first kappa shape index (κ1) is 15.9. The fourth-order valence-corrected chi connectivity index (χ4v) is 1.46. The van der Waals surface area contributed by atoms with Crippen molar-refractivity contribution < 1.29 is 14.3 Å². The van der Waals surface area contributed by atoms with Crippen LogP contribution in [0, 0.1) is 0 Å². The molecule has 17 heavy (non-hydrogen) atoms. The lowest BCUT2D eigenvalue weighted by molar-refractivity contribution is -0.140. The summed E-state index contributed by atoms with van der Waals surface area (Å²) in [7, 11) is 1.35. The summed E-state index contributed by atoms with van der Waals surface area (Å²) in [6.07, 6.45) is 2.30.